The molecule has 2 aliphatic heterocycles. The first-order valence-corrected chi connectivity index (χ1v) is 13.2. The topological polar surface area (TPSA) is 91.0 Å². The van der Waals surface area contributed by atoms with Gasteiger partial charge in [0, 0.05) is 17.8 Å². The largest absolute Gasteiger partial charge is 0.484 e. The van der Waals surface area contributed by atoms with Crippen LogP contribution in [0.25, 0.3) is 0 Å². The third-order valence-electron chi connectivity index (χ3n) is 6.19. The number of carbonyl (C=O) groups excluding carboxylic acids is 1. The Hall–Kier alpha value is -2.19. The van der Waals surface area contributed by atoms with E-state index < -0.39 is 10.0 Å². The lowest BCUT2D eigenvalue weighted by molar-refractivity contribution is -0.118. The van der Waals surface area contributed by atoms with Crippen LogP contribution in [-0.2, 0) is 19.6 Å². The summed E-state index contributed by atoms with van der Waals surface area (Å²) >= 11 is 6.35. The zero-order valence-electron chi connectivity index (χ0n) is 18.5. The van der Waals surface area contributed by atoms with Gasteiger partial charge in [0.1, 0.15) is 6.61 Å². The Morgan fingerprint density at radius 2 is 2.12 bits per heavy atom. The summed E-state index contributed by atoms with van der Waals surface area (Å²) in [6.45, 7) is 5.17. The van der Waals surface area contributed by atoms with Gasteiger partial charge in [0.15, 0.2) is 5.76 Å². The Balaban J connectivity index is 1.48. The van der Waals surface area contributed by atoms with Crippen LogP contribution in [0.3, 0.4) is 0 Å². The number of halogens is 1. The van der Waals surface area contributed by atoms with Crippen LogP contribution in [0.5, 0.6) is 0 Å². The minimum atomic E-state index is -3.22. The number of nitrogens with one attached hydrogen (secondary N) is 2. The summed E-state index contributed by atoms with van der Waals surface area (Å²) in [5, 5.41) is 7.00. The van der Waals surface area contributed by atoms with E-state index in [4.69, 9.17) is 16.3 Å². The number of nitrogens with zero attached hydrogens (tertiary/aromatic N) is 1. The molecule has 0 bridgehead atoms. The van der Waals surface area contributed by atoms with Crippen LogP contribution in [0.1, 0.15) is 46.0 Å². The fourth-order valence-corrected chi connectivity index (χ4v) is 6.25. The summed E-state index contributed by atoms with van der Waals surface area (Å²) in [4.78, 5) is 13.2. The fraction of sp³-hybridized carbons (Fsp3) is 0.522. The summed E-state index contributed by atoms with van der Waals surface area (Å²) in [5.74, 6) is 0.997. The lowest BCUT2D eigenvalue weighted by Gasteiger charge is -2.30. The van der Waals surface area contributed by atoms with Gasteiger partial charge in [-0.2, -0.15) is 0 Å². The number of sulfonamides is 1. The Morgan fingerprint density at radius 1 is 1.34 bits per heavy atom. The van der Waals surface area contributed by atoms with E-state index >= 15 is 0 Å². The molecule has 2 aliphatic carbocycles. The van der Waals surface area contributed by atoms with Gasteiger partial charge in [-0.15, -0.1) is 0 Å². The average Bonchev–Trinajstić information content (AvgIpc) is 3.53. The predicted molar refractivity (Wildman–Crippen MR) is 125 cm³/mol. The maximum Gasteiger partial charge on any atom is 0.247 e. The number of epoxide rings is 1. The van der Waals surface area contributed by atoms with Crippen LogP contribution in [-0.4, -0.2) is 43.6 Å². The van der Waals surface area contributed by atoms with Gasteiger partial charge in [0.2, 0.25) is 15.9 Å². The molecule has 4 rings (SSSR count). The molecule has 0 spiro atoms. The molecule has 0 radical (unpaired) electrons. The van der Waals surface area contributed by atoms with Gasteiger partial charge in [-0.25, -0.2) is 8.42 Å². The Labute approximate surface area is 194 Å². The number of carbonyl (C=O) groups is 1. The Bertz CT molecular complexity index is 1050. The molecule has 0 aromatic carbocycles. The molecule has 4 aliphatic rings. The predicted octanol–water partition coefficient (Wildman–Crippen LogP) is 3.40. The monoisotopic (exact) mass is 479 g/mol. The van der Waals surface area contributed by atoms with E-state index in [9.17, 15) is 13.2 Å². The first-order valence-electron chi connectivity index (χ1n) is 11.2. The summed E-state index contributed by atoms with van der Waals surface area (Å²) in [7, 11) is -3.22. The van der Waals surface area contributed by atoms with E-state index in [2.05, 4.69) is 17.6 Å². The van der Waals surface area contributed by atoms with Crippen molar-refractivity contribution in [2.24, 2.45) is 5.92 Å². The fourth-order valence-electron chi connectivity index (χ4n) is 4.43. The SMILES string of the molecule is CCCC1CC(N2CCCS2(=O)=O)=CC=C1C(=O)NC1C=C(N/C(C)=C2\CO2)C(Cl)=CC1. The van der Waals surface area contributed by atoms with Crippen molar-refractivity contribution in [3.8, 4) is 0 Å². The van der Waals surface area contributed by atoms with Crippen molar-refractivity contribution in [2.75, 3.05) is 18.9 Å². The van der Waals surface area contributed by atoms with Gasteiger partial charge < -0.3 is 15.4 Å². The van der Waals surface area contributed by atoms with Crippen molar-refractivity contribution < 1.29 is 17.9 Å². The number of allylic oxidation sites excluding steroid dienone is 5. The lowest BCUT2D eigenvalue weighted by atomic mass is 9.85. The molecule has 0 saturated carbocycles. The molecule has 2 N–H and O–H groups in total. The summed E-state index contributed by atoms with van der Waals surface area (Å²) in [6.07, 6.45) is 11.0. The number of hydrogen-bond donors (Lipinski definition) is 2. The van der Waals surface area contributed by atoms with Gasteiger partial charge in [-0.05, 0) is 50.7 Å². The van der Waals surface area contributed by atoms with E-state index in [0.717, 1.165) is 35.7 Å². The van der Waals surface area contributed by atoms with Crippen LogP contribution < -0.4 is 10.6 Å². The van der Waals surface area contributed by atoms with E-state index in [-0.39, 0.29) is 23.6 Å². The van der Waals surface area contributed by atoms with E-state index in [1.807, 2.05) is 19.1 Å². The quantitative estimate of drug-likeness (QED) is 0.546. The molecule has 9 heteroatoms. The lowest BCUT2D eigenvalue weighted by Crippen LogP contribution is -2.38. The maximum absolute atomic E-state index is 13.2. The van der Waals surface area contributed by atoms with Crippen LogP contribution in [0.4, 0.5) is 0 Å². The molecule has 2 unspecified atom stereocenters. The van der Waals surface area contributed by atoms with Crippen LogP contribution >= 0.6 is 11.6 Å². The second-order valence-electron chi connectivity index (χ2n) is 8.62. The molecule has 2 atom stereocenters. The second-order valence-corrected chi connectivity index (χ2v) is 11.0. The molecule has 1 amide bonds. The summed E-state index contributed by atoms with van der Waals surface area (Å²) in [6, 6.07) is -0.182. The van der Waals surface area contributed by atoms with E-state index in [0.29, 0.717) is 43.0 Å². The number of ether oxygens (including phenoxy) is 1. The Kier molecular flexibility index (Phi) is 6.72. The van der Waals surface area contributed by atoms with Crippen molar-refractivity contribution in [3.05, 3.63) is 57.8 Å². The highest BCUT2D eigenvalue weighted by molar-refractivity contribution is 7.89. The number of rotatable bonds is 7. The van der Waals surface area contributed by atoms with Gasteiger partial charge in [0.25, 0.3) is 0 Å². The van der Waals surface area contributed by atoms with Crippen molar-refractivity contribution in [1.29, 1.82) is 0 Å². The maximum atomic E-state index is 13.2. The normalized spacial score (nSPS) is 28.0. The first kappa shape index (κ1) is 23.0. The Morgan fingerprint density at radius 3 is 2.78 bits per heavy atom. The van der Waals surface area contributed by atoms with E-state index in [1.54, 1.807) is 12.2 Å². The van der Waals surface area contributed by atoms with Gasteiger partial charge in [0.05, 0.1) is 28.2 Å². The van der Waals surface area contributed by atoms with Gasteiger partial charge >= 0.3 is 0 Å². The van der Waals surface area contributed by atoms with Crippen LogP contribution in [0.2, 0.25) is 0 Å². The van der Waals surface area contributed by atoms with Gasteiger partial charge in [-0.1, -0.05) is 37.1 Å². The molecular weight excluding hydrogens is 450 g/mol. The molecule has 174 valence electrons. The third kappa shape index (κ3) is 5.07. The summed E-state index contributed by atoms with van der Waals surface area (Å²) < 4.78 is 31.4. The highest BCUT2D eigenvalue weighted by Gasteiger charge is 2.34. The molecule has 2 saturated heterocycles. The van der Waals surface area contributed by atoms with Crippen molar-refractivity contribution in [2.45, 2.75) is 52.0 Å². The minimum absolute atomic E-state index is 0.000844. The summed E-state index contributed by atoms with van der Waals surface area (Å²) in [5.41, 5.74) is 3.18. The van der Waals surface area contributed by atoms with Crippen molar-refractivity contribution in [3.63, 3.8) is 0 Å². The highest BCUT2D eigenvalue weighted by Crippen LogP contribution is 2.34. The molecule has 2 fully saturated rings. The van der Waals surface area contributed by atoms with Gasteiger partial charge in [-0.3, -0.25) is 9.10 Å². The average molecular weight is 480 g/mol. The van der Waals surface area contributed by atoms with Crippen molar-refractivity contribution in [1.82, 2.24) is 14.9 Å². The molecule has 32 heavy (non-hydrogen) atoms. The molecule has 0 aromatic heterocycles. The third-order valence-corrected chi connectivity index (χ3v) is 8.44. The smallest absolute Gasteiger partial charge is 0.247 e. The zero-order chi connectivity index (χ0) is 22.9. The van der Waals surface area contributed by atoms with Crippen LogP contribution in [0.15, 0.2) is 57.8 Å². The number of hydrogen-bond acceptors (Lipinski definition) is 5. The molecule has 0 aromatic rings. The molecule has 2 heterocycles. The van der Waals surface area contributed by atoms with Crippen molar-refractivity contribution >= 4 is 27.5 Å². The zero-order valence-corrected chi connectivity index (χ0v) is 20.1. The first-order chi connectivity index (χ1) is 15.3. The molecular formula is C23H30ClN3O4S. The highest BCUT2D eigenvalue weighted by atomic mass is 35.5. The number of amides is 1. The van der Waals surface area contributed by atoms with E-state index in [1.165, 1.54) is 4.31 Å². The molecule has 7 nitrogen and oxygen atoms in total. The van der Waals surface area contributed by atoms with Crippen LogP contribution in [0, 0.1) is 5.92 Å². The second kappa shape index (κ2) is 9.35. The minimum Gasteiger partial charge on any atom is -0.484 e. The standard InChI is InChI=1S/C23H30ClN3O4S/c1-3-5-16-12-18(27-10-4-11-32(27,29)30)7-8-19(16)23(28)26-17-6-9-20(24)21(13-17)25-15(2)22-14-31-22/h7-9,13,16-17,25H,3-6,10-12,14H2,1-2H3,(H,26,28)/b22-15+.